The van der Waals surface area contributed by atoms with Crippen LogP contribution in [0.3, 0.4) is 0 Å². The highest BCUT2D eigenvalue weighted by atomic mass is 35.5. The standard InChI is InChI=1S/C17H18ClN5O5S/c1-23(2)29(27,28)13-5-3-4-11(8-13)16(25)22-21-15(24)10-20-17(26)14-9-12(18)6-7-19-14/h3-9H,10H2,1-2H3,(H,20,26)(H,21,24)(H,22,25). The predicted molar refractivity (Wildman–Crippen MR) is 105 cm³/mol. The van der Waals surface area contributed by atoms with E-state index in [9.17, 15) is 22.8 Å². The molecule has 1 aromatic carbocycles. The zero-order valence-electron chi connectivity index (χ0n) is 15.5. The minimum Gasteiger partial charge on any atom is -0.342 e. The van der Waals surface area contributed by atoms with Crippen molar-refractivity contribution < 1.29 is 22.8 Å². The monoisotopic (exact) mass is 439 g/mol. The van der Waals surface area contributed by atoms with E-state index in [0.717, 1.165) is 4.31 Å². The number of amides is 3. The van der Waals surface area contributed by atoms with E-state index in [2.05, 4.69) is 21.2 Å². The number of carbonyl (C=O) groups excluding carboxylic acids is 3. The third kappa shape index (κ3) is 5.98. The molecule has 2 rings (SSSR count). The van der Waals surface area contributed by atoms with Gasteiger partial charge in [0.25, 0.3) is 17.7 Å². The van der Waals surface area contributed by atoms with E-state index < -0.39 is 34.3 Å². The summed E-state index contributed by atoms with van der Waals surface area (Å²) in [5, 5.41) is 2.64. The highest BCUT2D eigenvalue weighted by Gasteiger charge is 2.19. The number of nitrogens with zero attached hydrogens (tertiary/aromatic N) is 2. The lowest BCUT2D eigenvalue weighted by atomic mass is 10.2. The molecule has 0 bridgehead atoms. The molecule has 12 heteroatoms. The normalized spacial score (nSPS) is 11.0. The molecule has 1 aromatic heterocycles. The Morgan fingerprint density at radius 1 is 1.07 bits per heavy atom. The van der Waals surface area contributed by atoms with Gasteiger partial charge in [0.05, 0.1) is 11.4 Å². The van der Waals surface area contributed by atoms with Crippen molar-refractivity contribution in [2.45, 2.75) is 4.90 Å². The van der Waals surface area contributed by atoms with Gasteiger partial charge in [0.15, 0.2) is 0 Å². The highest BCUT2D eigenvalue weighted by molar-refractivity contribution is 7.89. The van der Waals surface area contributed by atoms with Crippen molar-refractivity contribution in [3.05, 3.63) is 58.9 Å². The Labute approximate surface area is 172 Å². The summed E-state index contributed by atoms with van der Waals surface area (Å²) in [6.07, 6.45) is 1.35. The van der Waals surface area contributed by atoms with Crippen LogP contribution in [0.4, 0.5) is 0 Å². The summed E-state index contributed by atoms with van der Waals surface area (Å²) in [5.74, 6) is -2.04. The smallest absolute Gasteiger partial charge is 0.270 e. The van der Waals surface area contributed by atoms with Gasteiger partial charge in [-0.3, -0.25) is 30.2 Å². The molecule has 0 saturated carbocycles. The van der Waals surface area contributed by atoms with Gasteiger partial charge in [-0.1, -0.05) is 17.7 Å². The van der Waals surface area contributed by atoms with E-state index in [-0.39, 0.29) is 16.2 Å². The number of nitrogens with one attached hydrogen (secondary N) is 3. The van der Waals surface area contributed by atoms with Crippen LogP contribution < -0.4 is 16.2 Å². The number of rotatable bonds is 6. The molecule has 29 heavy (non-hydrogen) atoms. The van der Waals surface area contributed by atoms with Gasteiger partial charge in [-0.25, -0.2) is 12.7 Å². The van der Waals surface area contributed by atoms with E-state index in [1.54, 1.807) is 0 Å². The second-order valence-electron chi connectivity index (χ2n) is 5.86. The molecule has 0 radical (unpaired) electrons. The average molecular weight is 440 g/mol. The summed E-state index contributed by atoms with van der Waals surface area (Å²) in [7, 11) is -0.968. The second kappa shape index (κ2) is 9.45. The molecule has 10 nitrogen and oxygen atoms in total. The number of halogens is 1. The average Bonchev–Trinajstić information content (AvgIpc) is 2.70. The predicted octanol–water partition coefficient (Wildman–Crippen LogP) is 0.176. The number of carbonyl (C=O) groups is 3. The number of aromatic nitrogens is 1. The highest BCUT2D eigenvalue weighted by Crippen LogP contribution is 2.14. The molecule has 0 spiro atoms. The van der Waals surface area contributed by atoms with Crippen LogP contribution in [-0.4, -0.2) is 56.1 Å². The van der Waals surface area contributed by atoms with Crippen molar-refractivity contribution in [3.8, 4) is 0 Å². The number of hydrogen-bond donors (Lipinski definition) is 3. The van der Waals surface area contributed by atoms with E-state index in [1.807, 2.05) is 0 Å². The summed E-state index contributed by atoms with van der Waals surface area (Å²) >= 11 is 5.76. The Morgan fingerprint density at radius 2 is 1.79 bits per heavy atom. The molecule has 0 aliphatic carbocycles. The fourth-order valence-corrected chi connectivity index (χ4v) is 3.14. The third-order valence-electron chi connectivity index (χ3n) is 3.55. The summed E-state index contributed by atoms with van der Waals surface area (Å²) in [4.78, 5) is 39.6. The van der Waals surface area contributed by atoms with Gasteiger partial charge in [-0.15, -0.1) is 0 Å². The van der Waals surface area contributed by atoms with Gasteiger partial charge < -0.3 is 5.32 Å². The van der Waals surface area contributed by atoms with E-state index >= 15 is 0 Å². The second-order valence-corrected chi connectivity index (χ2v) is 8.45. The van der Waals surface area contributed by atoms with Gasteiger partial charge in [0.2, 0.25) is 10.0 Å². The van der Waals surface area contributed by atoms with Crippen molar-refractivity contribution in [3.63, 3.8) is 0 Å². The number of sulfonamides is 1. The van der Waals surface area contributed by atoms with Crippen LogP contribution in [0.1, 0.15) is 20.8 Å². The number of hydrogen-bond acceptors (Lipinski definition) is 6. The molecule has 0 fully saturated rings. The first-order valence-corrected chi connectivity index (χ1v) is 9.94. The van der Waals surface area contributed by atoms with Crippen molar-refractivity contribution in [1.29, 1.82) is 0 Å². The minimum atomic E-state index is -3.71. The topological polar surface area (TPSA) is 138 Å². The van der Waals surface area contributed by atoms with Gasteiger partial charge in [-0.2, -0.15) is 0 Å². The Hall–Kier alpha value is -3.02. The Bertz CT molecular complexity index is 1040. The molecule has 1 heterocycles. The van der Waals surface area contributed by atoms with Crippen molar-refractivity contribution >= 4 is 39.3 Å². The molecule has 0 saturated heterocycles. The van der Waals surface area contributed by atoms with Crippen LogP contribution in [0.15, 0.2) is 47.5 Å². The molecule has 2 aromatic rings. The van der Waals surface area contributed by atoms with Crippen molar-refractivity contribution in [2.75, 3.05) is 20.6 Å². The fourth-order valence-electron chi connectivity index (χ4n) is 2.03. The van der Waals surface area contributed by atoms with Crippen molar-refractivity contribution in [1.82, 2.24) is 25.5 Å². The van der Waals surface area contributed by atoms with Crippen LogP contribution >= 0.6 is 11.6 Å². The zero-order chi connectivity index (χ0) is 21.6. The lowest BCUT2D eigenvalue weighted by molar-refractivity contribution is -0.120. The van der Waals surface area contributed by atoms with Crippen LogP contribution in [0.5, 0.6) is 0 Å². The molecular weight excluding hydrogens is 422 g/mol. The largest absolute Gasteiger partial charge is 0.342 e. The molecule has 154 valence electrons. The summed E-state index contributed by atoms with van der Waals surface area (Å²) < 4.78 is 25.3. The van der Waals surface area contributed by atoms with Crippen molar-refractivity contribution in [2.24, 2.45) is 0 Å². The van der Waals surface area contributed by atoms with E-state index in [1.165, 1.54) is 56.7 Å². The van der Waals surface area contributed by atoms with Crippen LogP contribution in [0.25, 0.3) is 0 Å². The summed E-state index contributed by atoms with van der Waals surface area (Å²) in [5.41, 5.74) is 4.33. The fraction of sp³-hybridized carbons (Fsp3) is 0.176. The molecule has 0 aliphatic heterocycles. The molecule has 0 atom stereocenters. The zero-order valence-corrected chi connectivity index (χ0v) is 17.0. The maximum atomic E-state index is 12.1. The number of pyridine rings is 1. The number of hydrazine groups is 1. The summed E-state index contributed by atoms with van der Waals surface area (Å²) in [6.45, 7) is -0.428. The molecule has 3 amide bonds. The quantitative estimate of drug-likeness (QED) is 0.549. The van der Waals surface area contributed by atoms with Gasteiger partial charge in [-0.05, 0) is 30.3 Å². The SMILES string of the molecule is CN(C)S(=O)(=O)c1cccc(C(=O)NNC(=O)CNC(=O)c2cc(Cl)ccn2)c1. The maximum absolute atomic E-state index is 12.1. The van der Waals surface area contributed by atoms with Crippen LogP contribution in [0, 0.1) is 0 Å². The Balaban J connectivity index is 1.90. The first kappa shape index (κ1) is 22.3. The first-order chi connectivity index (χ1) is 13.6. The van der Waals surface area contributed by atoms with Crippen LogP contribution in [0.2, 0.25) is 5.02 Å². The molecule has 3 N–H and O–H groups in total. The third-order valence-corrected chi connectivity index (χ3v) is 5.60. The number of benzene rings is 1. The minimum absolute atomic E-state index is 0.0281. The Kier molecular flexibility index (Phi) is 7.26. The Morgan fingerprint density at radius 3 is 2.45 bits per heavy atom. The maximum Gasteiger partial charge on any atom is 0.270 e. The van der Waals surface area contributed by atoms with Gasteiger partial charge in [0.1, 0.15) is 5.69 Å². The summed E-state index contributed by atoms with van der Waals surface area (Å²) in [6, 6.07) is 8.17. The van der Waals surface area contributed by atoms with E-state index in [0.29, 0.717) is 5.02 Å². The lowest BCUT2D eigenvalue weighted by Gasteiger charge is -2.12. The molecule has 0 aliphatic rings. The van der Waals surface area contributed by atoms with Gasteiger partial charge in [0, 0.05) is 30.9 Å². The molecular formula is C17H18ClN5O5S. The van der Waals surface area contributed by atoms with E-state index in [4.69, 9.17) is 11.6 Å². The van der Waals surface area contributed by atoms with Gasteiger partial charge >= 0.3 is 0 Å². The lowest BCUT2D eigenvalue weighted by Crippen LogP contribution is -2.46. The first-order valence-electron chi connectivity index (χ1n) is 8.13. The molecule has 0 unspecified atom stereocenters. The van der Waals surface area contributed by atoms with Crippen LogP contribution in [-0.2, 0) is 14.8 Å².